The molecular formula is C22H32N2O3. The third-order valence-corrected chi connectivity index (χ3v) is 5.29. The maximum atomic E-state index is 12.8. The van der Waals surface area contributed by atoms with E-state index in [-0.39, 0.29) is 36.0 Å². The average Bonchev–Trinajstić information content (AvgIpc) is 2.84. The van der Waals surface area contributed by atoms with Crippen molar-refractivity contribution >= 4 is 11.9 Å². The molecule has 1 aromatic carbocycles. The molecule has 0 aliphatic carbocycles. The number of esters is 1. The van der Waals surface area contributed by atoms with Crippen molar-refractivity contribution in [2.45, 2.75) is 72.1 Å². The summed E-state index contributed by atoms with van der Waals surface area (Å²) in [5.41, 5.74) is 3.68. The Balaban J connectivity index is 2.44. The summed E-state index contributed by atoms with van der Waals surface area (Å²) in [5, 5.41) is 3.59. The second-order valence-electron chi connectivity index (χ2n) is 8.11. The van der Waals surface area contributed by atoms with Crippen LogP contribution >= 0.6 is 0 Å². The topological polar surface area (TPSA) is 58.6 Å². The lowest BCUT2D eigenvalue weighted by molar-refractivity contribution is -0.141. The first kappa shape index (κ1) is 21.2. The van der Waals surface area contributed by atoms with Gasteiger partial charge >= 0.3 is 5.97 Å². The van der Waals surface area contributed by atoms with Gasteiger partial charge in [-0.1, -0.05) is 31.2 Å². The van der Waals surface area contributed by atoms with Crippen LogP contribution in [0.15, 0.2) is 35.4 Å². The Kier molecular flexibility index (Phi) is 6.47. The molecular weight excluding hydrogens is 340 g/mol. The number of carbonyl (C=O) groups excluding carboxylic acids is 2. The Hall–Kier alpha value is -2.14. The zero-order valence-corrected chi connectivity index (χ0v) is 17.6. The fourth-order valence-corrected chi connectivity index (χ4v) is 3.65. The monoisotopic (exact) mass is 372 g/mol. The van der Waals surface area contributed by atoms with Gasteiger partial charge in [-0.2, -0.15) is 0 Å². The van der Waals surface area contributed by atoms with Gasteiger partial charge in [-0.3, -0.25) is 14.9 Å². The zero-order valence-electron chi connectivity index (χ0n) is 17.6. The van der Waals surface area contributed by atoms with Crippen LogP contribution in [0.4, 0.5) is 0 Å². The van der Waals surface area contributed by atoms with Crippen LogP contribution in [-0.4, -0.2) is 35.6 Å². The molecule has 0 saturated heterocycles. The minimum absolute atomic E-state index is 0.0399. The summed E-state index contributed by atoms with van der Waals surface area (Å²) in [4.78, 5) is 26.8. The van der Waals surface area contributed by atoms with Crippen LogP contribution in [0.5, 0.6) is 0 Å². The molecule has 1 heterocycles. The number of ether oxygens (including phenoxy) is 1. The van der Waals surface area contributed by atoms with E-state index in [1.807, 2.05) is 57.7 Å². The van der Waals surface area contributed by atoms with Crippen molar-refractivity contribution in [3.8, 4) is 0 Å². The van der Waals surface area contributed by atoms with Crippen molar-refractivity contribution in [1.82, 2.24) is 10.2 Å². The van der Waals surface area contributed by atoms with Gasteiger partial charge in [0.05, 0.1) is 13.5 Å². The fraction of sp³-hybridized carbons (Fsp3) is 0.545. The van der Waals surface area contributed by atoms with Crippen LogP contribution in [0, 0.1) is 0 Å². The molecule has 2 rings (SSSR count). The van der Waals surface area contributed by atoms with Gasteiger partial charge in [-0.05, 0) is 57.7 Å². The minimum atomic E-state index is -0.339. The summed E-state index contributed by atoms with van der Waals surface area (Å²) < 4.78 is 4.93. The molecule has 0 radical (unpaired) electrons. The number of amides is 1. The molecule has 5 nitrogen and oxygen atoms in total. The van der Waals surface area contributed by atoms with Gasteiger partial charge in [0, 0.05) is 17.2 Å². The van der Waals surface area contributed by atoms with Gasteiger partial charge in [-0.25, -0.2) is 0 Å². The maximum absolute atomic E-state index is 12.8. The van der Waals surface area contributed by atoms with E-state index in [9.17, 15) is 9.59 Å². The fourth-order valence-electron chi connectivity index (χ4n) is 3.65. The second kappa shape index (κ2) is 8.26. The summed E-state index contributed by atoms with van der Waals surface area (Å²) >= 11 is 0. The molecule has 0 spiro atoms. The highest BCUT2D eigenvalue weighted by Crippen LogP contribution is 2.33. The van der Waals surface area contributed by atoms with Gasteiger partial charge < -0.3 is 9.64 Å². The van der Waals surface area contributed by atoms with Gasteiger partial charge in [-0.15, -0.1) is 0 Å². The number of benzene rings is 1. The van der Waals surface area contributed by atoms with Crippen LogP contribution in [0.2, 0.25) is 0 Å². The molecule has 1 aromatic rings. The SMILES string of the molecule is CCc1ccccc1[C@@H](CC(=O)OC)N[C@@H]1C(C)=C(C)C(=O)N1C(C)(C)C. The summed E-state index contributed by atoms with van der Waals surface area (Å²) in [5.74, 6) is -0.235. The Morgan fingerprint density at radius 1 is 1.26 bits per heavy atom. The van der Waals surface area contributed by atoms with Crippen molar-refractivity contribution in [3.63, 3.8) is 0 Å². The van der Waals surface area contributed by atoms with Crippen molar-refractivity contribution in [2.24, 2.45) is 0 Å². The number of nitrogens with zero attached hydrogens (tertiary/aromatic N) is 1. The summed E-state index contributed by atoms with van der Waals surface area (Å²) in [6, 6.07) is 7.88. The molecule has 0 unspecified atom stereocenters. The van der Waals surface area contributed by atoms with Gasteiger partial charge in [0.2, 0.25) is 0 Å². The lowest BCUT2D eigenvalue weighted by Gasteiger charge is -2.40. The lowest BCUT2D eigenvalue weighted by atomic mass is 9.95. The lowest BCUT2D eigenvalue weighted by Crippen LogP contribution is -2.55. The smallest absolute Gasteiger partial charge is 0.307 e. The molecule has 1 N–H and O–H groups in total. The first-order chi connectivity index (χ1) is 12.6. The number of carbonyl (C=O) groups is 2. The Morgan fingerprint density at radius 3 is 2.44 bits per heavy atom. The van der Waals surface area contributed by atoms with Crippen LogP contribution in [0.3, 0.4) is 0 Å². The second-order valence-corrected chi connectivity index (χ2v) is 8.11. The molecule has 148 valence electrons. The van der Waals surface area contributed by atoms with Crippen LogP contribution in [0.25, 0.3) is 0 Å². The molecule has 27 heavy (non-hydrogen) atoms. The predicted molar refractivity (Wildman–Crippen MR) is 107 cm³/mol. The number of hydrogen-bond acceptors (Lipinski definition) is 4. The largest absolute Gasteiger partial charge is 0.469 e. The van der Waals surface area contributed by atoms with E-state index in [1.165, 1.54) is 12.7 Å². The minimum Gasteiger partial charge on any atom is -0.469 e. The highest BCUT2D eigenvalue weighted by atomic mass is 16.5. The molecule has 0 aromatic heterocycles. The van der Waals surface area contributed by atoms with Crippen molar-refractivity contribution < 1.29 is 14.3 Å². The molecule has 1 aliphatic rings. The Morgan fingerprint density at radius 2 is 1.89 bits per heavy atom. The summed E-state index contributed by atoms with van der Waals surface area (Å²) in [6.45, 7) is 12.0. The molecule has 2 atom stereocenters. The molecule has 0 bridgehead atoms. The molecule has 1 aliphatic heterocycles. The van der Waals surface area contributed by atoms with Crippen molar-refractivity contribution in [3.05, 3.63) is 46.5 Å². The van der Waals surface area contributed by atoms with E-state index in [0.717, 1.165) is 23.1 Å². The number of rotatable bonds is 6. The quantitative estimate of drug-likeness (QED) is 0.773. The average molecular weight is 373 g/mol. The Bertz CT molecular complexity index is 746. The van der Waals surface area contributed by atoms with Gasteiger partial charge in [0.1, 0.15) is 6.17 Å². The van der Waals surface area contributed by atoms with Crippen molar-refractivity contribution in [1.29, 1.82) is 0 Å². The maximum Gasteiger partial charge on any atom is 0.307 e. The van der Waals surface area contributed by atoms with Crippen LogP contribution < -0.4 is 5.32 Å². The predicted octanol–water partition coefficient (Wildman–Crippen LogP) is 3.75. The van der Waals surface area contributed by atoms with E-state index in [1.54, 1.807) is 0 Å². The van der Waals surface area contributed by atoms with Crippen LogP contribution in [-0.2, 0) is 20.7 Å². The van der Waals surface area contributed by atoms with Crippen molar-refractivity contribution in [2.75, 3.05) is 7.11 Å². The number of hydrogen-bond donors (Lipinski definition) is 1. The van der Waals surface area contributed by atoms with E-state index in [4.69, 9.17) is 4.74 Å². The normalized spacial score (nSPS) is 18.9. The van der Waals surface area contributed by atoms with E-state index >= 15 is 0 Å². The highest BCUT2D eigenvalue weighted by molar-refractivity contribution is 5.97. The molecule has 5 heteroatoms. The van der Waals surface area contributed by atoms with Gasteiger partial charge in [0.15, 0.2) is 0 Å². The first-order valence-corrected chi connectivity index (χ1v) is 9.53. The standard InChI is InChI=1S/C22H32N2O3/c1-8-16-11-9-10-12-17(16)18(13-19(25)27-7)23-20-14(2)15(3)21(26)24(20)22(4,5)6/h9-12,18,20,23H,8,13H2,1-7H3/t18-,20+/m1/s1. The zero-order chi connectivity index (χ0) is 20.4. The third-order valence-electron chi connectivity index (χ3n) is 5.29. The molecule has 0 fully saturated rings. The molecule has 0 saturated carbocycles. The van der Waals surface area contributed by atoms with Gasteiger partial charge in [0.25, 0.3) is 5.91 Å². The van der Waals surface area contributed by atoms with E-state index in [2.05, 4.69) is 18.3 Å². The third kappa shape index (κ3) is 4.41. The van der Waals surface area contributed by atoms with E-state index in [0.29, 0.717) is 0 Å². The summed E-state index contributed by atoms with van der Waals surface area (Å²) in [6.07, 6.45) is 0.829. The summed E-state index contributed by atoms with van der Waals surface area (Å²) in [7, 11) is 1.40. The van der Waals surface area contributed by atoms with E-state index < -0.39 is 0 Å². The molecule has 1 amide bonds. The number of methoxy groups -OCH3 is 1. The number of aryl methyl sites for hydroxylation is 1. The highest BCUT2D eigenvalue weighted by Gasteiger charge is 2.42. The van der Waals surface area contributed by atoms with Crippen LogP contribution in [0.1, 0.15) is 65.1 Å². The number of nitrogens with one attached hydrogen (secondary N) is 1. The first-order valence-electron chi connectivity index (χ1n) is 9.53. The Labute approximate surface area is 162 Å².